The molecule has 2 aliphatic rings. The van der Waals surface area contributed by atoms with Crippen LogP contribution in [-0.2, 0) is 23.7 Å². The Bertz CT molecular complexity index is 1560. The molecule has 0 aliphatic carbocycles. The minimum atomic E-state index is -0.706. The van der Waals surface area contributed by atoms with Crippen LogP contribution in [0.2, 0.25) is 0 Å². The molecule has 11 nitrogen and oxygen atoms in total. The van der Waals surface area contributed by atoms with E-state index in [0.717, 1.165) is 17.5 Å². The van der Waals surface area contributed by atoms with Crippen LogP contribution in [-0.4, -0.2) is 71.1 Å². The molecule has 3 N–H and O–H groups in total. The fourth-order valence-electron chi connectivity index (χ4n) is 5.72. The maximum Gasteiger partial charge on any atom is 0.328 e. The van der Waals surface area contributed by atoms with Gasteiger partial charge in [-0.3, -0.25) is 28.4 Å². The molecule has 2 aliphatic heterocycles. The largest absolute Gasteiger partial charge is 0.489 e. The van der Waals surface area contributed by atoms with E-state index < -0.39 is 5.41 Å². The molecule has 3 aromatic rings. The number of hydrogen-bond acceptors (Lipinski definition) is 6. The monoisotopic (exact) mass is 560 g/mol. The molecule has 1 unspecified atom stereocenters. The van der Waals surface area contributed by atoms with Crippen molar-refractivity contribution in [3.63, 3.8) is 0 Å². The summed E-state index contributed by atoms with van der Waals surface area (Å²) in [5, 5.41) is 8.80. The lowest BCUT2D eigenvalue weighted by Crippen LogP contribution is -2.53. The van der Waals surface area contributed by atoms with Gasteiger partial charge in [-0.05, 0) is 56.1 Å². The maximum absolute atomic E-state index is 13.5. The molecule has 3 amide bonds. The predicted octanol–water partition coefficient (Wildman–Crippen LogP) is 1.78. The van der Waals surface area contributed by atoms with E-state index in [1.54, 1.807) is 53.6 Å². The maximum atomic E-state index is 13.5. The minimum absolute atomic E-state index is 0.0877. The zero-order valence-corrected chi connectivity index (χ0v) is 23.4. The Morgan fingerprint density at radius 2 is 1.78 bits per heavy atom. The molecule has 1 atom stereocenters. The van der Waals surface area contributed by atoms with Crippen molar-refractivity contribution in [2.24, 2.45) is 19.5 Å². The summed E-state index contributed by atoms with van der Waals surface area (Å²) < 4.78 is 8.96. The third kappa shape index (κ3) is 6.04. The van der Waals surface area contributed by atoms with Crippen LogP contribution in [0.3, 0.4) is 0 Å². The van der Waals surface area contributed by atoms with Crippen LogP contribution in [0.15, 0.2) is 59.4 Å². The number of para-hydroxylation sites is 1. The van der Waals surface area contributed by atoms with Gasteiger partial charge in [-0.15, -0.1) is 0 Å². The van der Waals surface area contributed by atoms with Crippen molar-refractivity contribution in [3.8, 4) is 5.75 Å². The van der Waals surface area contributed by atoms with Gasteiger partial charge in [0.15, 0.2) is 0 Å². The molecule has 1 fully saturated rings. The summed E-state index contributed by atoms with van der Waals surface area (Å²) in [6.45, 7) is 2.12. The Morgan fingerprint density at radius 1 is 1.00 bits per heavy atom. The van der Waals surface area contributed by atoms with Gasteiger partial charge in [-0.1, -0.05) is 24.3 Å². The van der Waals surface area contributed by atoms with E-state index in [1.807, 2.05) is 29.2 Å². The Hall–Kier alpha value is -4.38. The van der Waals surface area contributed by atoms with E-state index in [4.69, 9.17) is 4.74 Å². The highest BCUT2D eigenvalue weighted by Crippen LogP contribution is 2.34. The SMILES string of the molecule is Cn1c(=O)n(C)c2cc(NC(=O)CN3CCCC4(CC=CCOc5ccccc5C(=O)NCCNC4=O)C3)ccc21. The number of piperidine rings is 1. The van der Waals surface area contributed by atoms with Gasteiger partial charge in [-0.25, -0.2) is 4.79 Å². The lowest BCUT2D eigenvalue weighted by atomic mass is 9.76. The summed E-state index contributed by atoms with van der Waals surface area (Å²) in [6.07, 6.45) is 5.79. The Labute approximate surface area is 238 Å². The van der Waals surface area contributed by atoms with E-state index in [2.05, 4.69) is 16.0 Å². The number of ether oxygens (including phenoxy) is 1. The standard InChI is InChI=1S/C30H36N6O5/c1-34-23-11-10-21(18-24(23)35(2)29(34)40)33-26(37)19-36-16-7-13-30(20-36)12-5-6-17-41-25-9-4-3-8-22(25)27(38)31-14-15-32-28(30)39/h3-6,8-11,18H,7,12-17,19-20H2,1-2H3,(H,31,38)(H,32,39)(H,33,37). The third-order valence-electron chi connectivity index (χ3n) is 7.90. The summed E-state index contributed by atoms with van der Waals surface area (Å²) in [7, 11) is 3.42. The van der Waals surface area contributed by atoms with E-state index >= 15 is 0 Å². The second-order valence-electron chi connectivity index (χ2n) is 10.7. The molecule has 216 valence electrons. The molecule has 1 saturated heterocycles. The number of hydrogen-bond donors (Lipinski definition) is 3. The molecule has 41 heavy (non-hydrogen) atoms. The zero-order chi connectivity index (χ0) is 29.0. The van der Waals surface area contributed by atoms with Gasteiger partial charge in [0, 0.05) is 39.4 Å². The number of allylic oxidation sites excluding steroid dienone is 1. The molecule has 5 rings (SSSR count). The normalized spacial score (nSPS) is 20.5. The Kier molecular flexibility index (Phi) is 8.25. The van der Waals surface area contributed by atoms with Crippen molar-refractivity contribution in [2.75, 3.05) is 44.6 Å². The number of carbonyl (C=O) groups is 3. The summed E-state index contributed by atoms with van der Waals surface area (Å²) in [6, 6.07) is 12.5. The minimum Gasteiger partial charge on any atom is -0.489 e. The van der Waals surface area contributed by atoms with Gasteiger partial charge >= 0.3 is 5.69 Å². The van der Waals surface area contributed by atoms with Crippen LogP contribution >= 0.6 is 0 Å². The molecule has 2 aromatic carbocycles. The molecule has 0 bridgehead atoms. The number of aryl methyl sites for hydroxylation is 2. The lowest BCUT2D eigenvalue weighted by molar-refractivity contribution is -0.135. The summed E-state index contributed by atoms with van der Waals surface area (Å²) in [5.74, 6) is -0.0210. The number of anilines is 1. The van der Waals surface area contributed by atoms with Crippen molar-refractivity contribution >= 4 is 34.4 Å². The lowest BCUT2D eigenvalue weighted by Gasteiger charge is -2.41. The van der Waals surface area contributed by atoms with Gasteiger partial charge in [0.25, 0.3) is 5.91 Å². The Morgan fingerprint density at radius 3 is 2.63 bits per heavy atom. The van der Waals surface area contributed by atoms with Gasteiger partial charge in [-0.2, -0.15) is 0 Å². The molecular formula is C30H36N6O5. The third-order valence-corrected chi connectivity index (χ3v) is 7.90. The van der Waals surface area contributed by atoms with Crippen LogP contribution < -0.4 is 26.4 Å². The average Bonchev–Trinajstić information content (AvgIpc) is 3.18. The van der Waals surface area contributed by atoms with Gasteiger partial charge in [0.05, 0.1) is 28.6 Å². The highest BCUT2D eigenvalue weighted by atomic mass is 16.5. The summed E-state index contributed by atoms with van der Waals surface area (Å²) in [5.41, 5.74) is 1.75. The number of nitrogens with zero attached hydrogens (tertiary/aromatic N) is 3. The van der Waals surface area contributed by atoms with Crippen LogP contribution in [0.25, 0.3) is 11.0 Å². The van der Waals surface area contributed by atoms with Crippen molar-refractivity contribution in [1.82, 2.24) is 24.7 Å². The molecule has 0 radical (unpaired) electrons. The fourth-order valence-corrected chi connectivity index (χ4v) is 5.72. The molecule has 11 heteroatoms. The molecule has 3 heterocycles. The Balaban J connectivity index is 1.26. The number of nitrogens with one attached hydrogen (secondary N) is 3. The number of imidazole rings is 1. The second kappa shape index (κ2) is 12.0. The quantitative estimate of drug-likeness (QED) is 0.420. The van der Waals surface area contributed by atoms with Crippen molar-refractivity contribution in [1.29, 1.82) is 0 Å². The number of rotatable bonds is 3. The van der Waals surface area contributed by atoms with Crippen LogP contribution in [0.4, 0.5) is 5.69 Å². The average molecular weight is 561 g/mol. The number of carbonyl (C=O) groups excluding carboxylic acids is 3. The number of benzene rings is 2. The first-order valence-electron chi connectivity index (χ1n) is 13.9. The number of likely N-dealkylation sites (tertiary alicyclic amines) is 1. The van der Waals surface area contributed by atoms with E-state index in [9.17, 15) is 19.2 Å². The zero-order valence-electron chi connectivity index (χ0n) is 23.4. The van der Waals surface area contributed by atoms with Crippen LogP contribution in [0.5, 0.6) is 5.75 Å². The fraction of sp³-hybridized carbons (Fsp3) is 0.400. The van der Waals surface area contributed by atoms with Gasteiger partial charge in [0.2, 0.25) is 11.8 Å². The second-order valence-corrected chi connectivity index (χ2v) is 10.7. The molecular weight excluding hydrogens is 524 g/mol. The molecule has 0 saturated carbocycles. The summed E-state index contributed by atoms with van der Waals surface area (Å²) in [4.78, 5) is 53.4. The van der Waals surface area contributed by atoms with Gasteiger partial charge < -0.3 is 20.7 Å². The van der Waals surface area contributed by atoms with E-state index in [-0.39, 0.29) is 43.1 Å². The summed E-state index contributed by atoms with van der Waals surface area (Å²) >= 11 is 0. The van der Waals surface area contributed by atoms with E-state index in [1.165, 1.54) is 0 Å². The topological polar surface area (TPSA) is 127 Å². The van der Waals surface area contributed by atoms with Crippen molar-refractivity contribution < 1.29 is 19.1 Å². The highest BCUT2D eigenvalue weighted by molar-refractivity contribution is 5.97. The number of fused-ring (bicyclic) bond motifs is 2. The van der Waals surface area contributed by atoms with Crippen LogP contribution in [0, 0.1) is 5.41 Å². The molecule has 1 aromatic heterocycles. The smallest absolute Gasteiger partial charge is 0.328 e. The van der Waals surface area contributed by atoms with Crippen LogP contribution in [0.1, 0.15) is 29.6 Å². The first-order valence-corrected chi connectivity index (χ1v) is 13.9. The first-order chi connectivity index (χ1) is 19.8. The highest BCUT2D eigenvalue weighted by Gasteiger charge is 2.41. The number of amides is 3. The van der Waals surface area contributed by atoms with Crippen molar-refractivity contribution in [3.05, 3.63) is 70.7 Å². The first kappa shape index (κ1) is 28.2. The number of aromatic nitrogens is 2. The predicted molar refractivity (Wildman–Crippen MR) is 156 cm³/mol. The van der Waals surface area contributed by atoms with E-state index in [0.29, 0.717) is 49.5 Å². The van der Waals surface area contributed by atoms with Crippen molar-refractivity contribution in [2.45, 2.75) is 19.3 Å². The molecule has 1 spiro atoms. The van der Waals surface area contributed by atoms with Gasteiger partial charge in [0.1, 0.15) is 12.4 Å².